The number of carbonyl (C=O) groups excluding carboxylic acids is 1. The molecule has 1 heterocycles. The zero-order valence-corrected chi connectivity index (χ0v) is 13.9. The first kappa shape index (κ1) is 15.9. The highest BCUT2D eigenvalue weighted by atomic mass is 16.5. The maximum Gasteiger partial charge on any atom is 0.236 e. The molecule has 5 heteroatoms. The Morgan fingerprint density at radius 3 is 2.46 bits per heavy atom. The summed E-state index contributed by atoms with van der Waals surface area (Å²) in [6.07, 6.45) is 0. The highest BCUT2D eigenvalue weighted by molar-refractivity contribution is 5.94. The Morgan fingerprint density at radius 2 is 1.79 bits per heavy atom. The highest BCUT2D eigenvalue weighted by Crippen LogP contribution is 2.24. The van der Waals surface area contributed by atoms with Crippen LogP contribution in [0.3, 0.4) is 0 Å². The number of ketones is 1. The summed E-state index contributed by atoms with van der Waals surface area (Å²) in [6, 6.07) is 12.9. The van der Waals surface area contributed by atoms with Gasteiger partial charge in [-0.05, 0) is 44.2 Å². The van der Waals surface area contributed by atoms with E-state index in [0.717, 1.165) is 22.3 Å². The Bertz CT molecular complexity index is 906. The van der Waals surface area contributed by atoms with Crippen LogP contribution in [-0.2, 0) is 6.61 Å². The molecule has 1 aromatic heterocycles. The molecule has 0 aliphatic heterocycles. The maximum atomic E-state index is 11.6. The third-order valence-corrected chi connectivity index (χ3v) is 3.75. The number of aryl methyl sites for hydroxylation is 1. The van der Waals surface area contributed by atoms with Crippen molar-refractivity contribution in [2.24, 2.45) is 0 Å². The van der Waals surface area contributed by atoms with Crippen molar-refractivity contribution in [3.63, 3.8) is 0 Å². The fraction of sp³-hybridized carbons (Fsp3) is 0.211. The fourth-order valence-corrected chi connectivity index (χ4v) is 2.47. The van der Waals surface area contributed by atoms with Gasteiger partial charge in [0.15, 0.2) is 5.78 Å². The summed E-state index contributed by atoms with van der Waals surface area (Å²) in [6.45, 7) is 3.64. The number of rotatable bonds is 5. The molecule has 0 fully saturated rings. The molecule has 0 atom stereocenters. The van der Waals surface area contributed by atoms with Crippen molar-refractivity contribution in [3.05, 3.63) is 59.3 Å². The van der Waals surface area contributed by atoms with Crippen LogP contribution in [0.15, 0.2) is 42.5 Å². The van der Waals surface area contributed by atoms with Gasteiger partial charge in [0, 0.05) is 11.1 Å². The van der Waals surface area contributed by atoms with Gasteiger partial charge in [0.2, 0.25) is 5.88 Å². The first-order valence-corrected chi connectivity index (χ1v) is 7.62. The van der Waals surface area contributed by atoms with Crippen LogP contribution in [0, 0.1) is 6.92 Å². The summed E-state index contributed by atoms with van der Waals surface area (Å²) in [5, 5.41) is 0. The van der Waals surface area contributed by atoms with Crippen LogP contribution in [0.5, 0.6) is 11.6 Å². The normalized spacial score (nSPS) is 10.6. The van der Waals surface area contributed by atoms with E-state index in [1.807, 2.05) is 31.2 Å². The highest BCUT2D eigenvalue weighted by Gasteiger charge is 2.11. The summed E-state index contributed by atoms with van der Waals surface area (Å²) >= 11 is 0. The van der Waals surface area contributed by atoms with E-state index in [-0.39, 0.29) is 12.4 Å². The van der Waals surface area contributed by atoms with E-state index in [0.29, 0.717) is 17.2 Å². The van der Waals surface area contributed by atoms with Crippen molar-refractivity contribution in [2.45, 2.75) is 20.5 Å². The standard InChI is InChI=1S/C19H18N2O3/c1-12-19(21-17-7-5-4-6-16(17)20-12)24-11-15-10-14(13(2)22)8-9-18(15)23-3/h4-10H,11H2,1-3H3. The van der Waals surface area contributed by atoms with Gasteiger partial charge in [-0.2, -0.15) is 0 Å². The lowest BCUT2D eigenvalue weighted by molar-refractivity contribution is 0.101. The van der Waals surface area contributed by atoms with Crippen molar-refractivity contribution >= 4 is 16.8 Å². The minimum atomic E-state index is 0.000537. The fourth-order valence-electron chi connectivity index (χ4n) is 2.47. The monoisotopic (exact) mass is 322 g/mol. The van der Waals surface area contributed by atoms with E-state index in [2.05, 4.69) is 9.97 Å². The molecule has 0 amide bonds. The molecule has 2 aromatic carbocycles. The lowest BCUT2D eigenvalue weighted by atomic mass is 10.1. The quantitative estimate of drug-likeness (QED) is 0.670. The van der Waals surface area contributed by atoms with Gasteiger partial charge >= 0.3 is 0 Å². The molecule has 0 aliphatic rings. The average Bonchev–Trinajstić information content (AvgIpc) is 2.59. The van der Waals surface area contributed by atoms with Crippen molar-refractivity contribution in [3.8, 4) is 11.6 Å². The molecule has 0 saturated heterocycles. The van der Waals surface area contributed by atoms with Crippen LogP contribution in [0.4, 0.5) is 0 Å². The van der Waals surface area contributed by atoms with Gasteiger partial charge in [-0.1, -0.05) is 12.1 Å². The molecule has 3 aromatic rings. The third-order valence-electron chi connectivity index (χ3n) is 3.75. The number of Topliss-reactive ketones (excluding diaryl/α,β-unsaturated/α-hetero) is 1. The first-order chi connectivity index (χ1) is 11.6. The largest absolute Gasteiger partial charge is 0.496 e. The molecular formula is C19H18N2O3. The van der Waals surface area contributed by atoms with Gasteiger partial charge < -0.3 is 9.47 Å². The van der Waals surface area contributed by atoms with Gasteiger partial charge in [0.1, 0.15) is 18.1 Å². The Balaban J connectivity index is 1.89. The zero-order valence-electron chi connectivity index (χ0n) is 13.9. The smallest absolute Gasteiger partial charge is 0.236 e. The SMILES string of the molecule is COc1ccc(C(C)=O)cc1COc1nc2ccccc2nc1C. The predicted molar refractivity (Wildman–Crippen MR) is 91.6 cm³/mol. The number of carbonyl (C=O) groups is 1. The number of fused-ring (bicyclic) bond motifs is 1. The number of benzene rings is 2. The molecule has 0 aliphatic carbocycles. The van der Waals surface area contributed by atoms with Crippen molar-refractivity contribution in [1.29, 1.82) is 0 Å². The molecule has 3 rings (SSSR count). The average molecular weight is 322 g/mol. The van der Waals surface area contributed by atoms with E-state index in [1.54, 1.807) is 25.3 Å². The summed E-state index contributed by atoms with van der Waals surface area (Å²) in [5.74, 6) is 1.15. The molecule has 0 saturated carbocycles. The van der Waals surface area contributed by atoms with E-state index in [4.69, 9.17) is 9.47 Å². The summed E-state index contributed by atoms with van der Waals surface area (Å²) in [7, 11) is 1.59. The van der Waals surface area contributed by atoms with Gasteiger partial charge in [0.25, 0.3) is 0 Å². The number of hydrogen-bond donors (Lipinski definition) is 0. The van der Waals surface area contributed by atoms with Crippen molar-refractivity contribution < 1.29 is 14.3 Å². The van der Waals surface area contributed by atoms with E-state index in [1.165, 1.54) is 6.92 Å². The predicted octanol–water partition coefficient (Wildman–Crippen LogP) is 3.73. The number of methoxy groups -OCH3 is 1. The number of ether oxygens (including phenoxy) is 2. The minimum absolute atomic E-state index is 0.000537. The second-order valence-corrected chi connectivity index (χ2v) is 5.47. The molecular weight excluding hydrogens is 304 g/mol. The van der Waals surface area contributed by atoms with E-state index >= 15 is 0 Å². The second-order valence-electron chi connectivity index (χ2n) is 5.47. The lowest BCUT2D eigenvalue weighted by Crippen LogP contribution is -2.04. The summed E-state index contributed by atoms with van der Waals surface area (Å²) in [4.78, 5) is 20.6. The Labute approximate surface area is 140 Å². The van der Waals surface area contributed by atoms with Gasteiger partial charge in [-0.25, -0.2) is 9.97 Å². The second kappa shape index (κ2) is 6.66. The Morgan fingerprint density at radius 1 is 1.08 bits per heavy atom. The summed E-state index contributed by atoms with van der Waals surface area (Å²) < 4.78 is 11.2. The zero-order chi connectivity index (χ0) is 17.1. The van der Waals surface area contributed by atoms with Crippen LogP contribution in [0.25, 0.3) is 11.0 Å². The molecule has 122 valence electrons. The van der Waals surface area contributed by atoms with E-state index < -0.39 is 0 Å². The van der Waals surface area contributed by atoms with Crippen LogP contribution in [0.1, 0.15) is 28.5 Å². The summed E-state index contributed by atoms with van der Waals surface area (Å²) in [5.41, 5.74) is 3.74. The van der Waals surface area contributed by atoms with Gasteiger partial charge in [0.05, 0.1) is 18.1 Å². The Kier molecular flexibility index (Phi) is 4.42. The number of aromatic nitrogens is 2. The molecule has 0 unspecified atom stereocenters. The lowest BCUT2D eigenvalue weighted by Gasteiger charge is -2.12. The third kappa shape index (κ3) is 3.20. The Hall–Kier alpha value is -2.95. The van der Waals surface area contributed by atoms with Gasteiger partial charge in [-0.3, -0.25) is 4.79 Å². The molecule has 5 nitrogen and oxygen atoms in total. The van der Waals surface area contributed by atoms with Crippen LogP contribution >= 0.6 is 0 Å². The first-order valence-electron chi connectivity index (χ1n) is 7.62. The molecule has 0 radical (unpaired) electrons. The topological polar surface area (TPSA) is 61.3 Å². The van der Waals surface area contributed by atoms with Gasteiger partial charge in [-0.15, -0.1) is 0 Å². The van der Waals surface area contributed by atoms with Crippen molar-refractivity contribution in [1.82, 2.24) is 9.97 Å². The molecule has 0 bridgehead atoms. The maximum absolute atomic E-state index is 11.6. The molecule has 0 N–H and O–H groups in total. The molecule has 0 spiro atoms. The van der Waals surface area contributed by atoms with Crippen LogP contribution in [0.2, 0.25) is 0 Å². The number of para-hydroxylation sites is 2. The number of nitrogens with zero attached hydrogens (tertiary/aromatic N) is 2. The van der Waals surface area contributed by atoms with E-state index in [9.17, 15) is 4.79 Å². The van der Waals surface area contributed by atoms with Crippen molar-refractivity contribution in [2.75, 3.05) is 7.11 Å². The minimum Gasteiger partial charge on any atom is -0.496 e. The van der Waals surface area contributed by atoms with Crippen LogP contribution < -0.4 is 9.47 Å². The van der Waals surface area contributed by atoms with Crippen LogP contribution in [-0.4, -0.2) is 22.9 Å². The number of hydrogen-bond acceptors (Lipinski definition) is 5. The molecule has 24 heavy (non-hydrogen) atoms.